The minimum Gasteiger partial charge on any atom is -0.118 e. The number of alkyl halides is 1. The SMILES string of the molecule is BCc1sc(=S)sc1CBr. The predicted octanol–water partition coefficient (Wildman–Crippen LogP) is 2.57. The minimum atomic E-state index is 0.952. The molecule has 0 aromatic carbocycles. The van der Waals surface area contributed by atoms with Gasteiger partial charge in [0.05, 0.1) is 0 Å². The zero-order valence-corrected chi connectivity index (χ0v) is 9.55. The van der Waals surface area contributed by atoms with E-state index in [-0.39, 0.29) is 0 Å². The van der Waals surface area contributed by atoms with Crippen molar-refractivity contribution >= 4 is 58.7 Å². The van der Waals surface area contributed by atoms with Crippen LogP contribution in [0, 0.1) is 3.14 Å². The molecule has 54 valence electrons. The molecule has 0 N–H and O–H groups in total. The molecule has 0 aliphatic rings. The van der Waals surface area contributed by atoms with Crippen LogP contribution >= 0.6 is 50.8 Å². The van der Waals surface area contributed by atoms with Gasteiger partial charge in [-0.3, -0.25) is 0 Å². The Morgan fingerprint density at radius 1 is 1.40 bits per heavy atom. The van der Waals surface area contributed by atoms with Crippen LogP contribution in [-0.2, 0) is 11.7 Å². The zero-order chi connectivity index (χ0) is 7.56. The highest BCUT2D eigenvalue weighted by molar-refractivity contribution is 9.08. The third kappa shape index (κ3) is 1.90. The molecule has 0 radical (unpaired) electrons. The molecule has 0 unspecified atom stereocenters. The van der Waals surface area contributed by atoms with Gasteiger partial charge < -0.3 is 0 Å². The highest BCUT2D eigenvalue weighted by Crippen LogP contribution is 2.26. The van der Waals surface area contributed by atoms with Crippen LogP contribution in [0.25, 0.3) is 0 Å². The second kappa shape index (κ2) is 4.00. The quantitative estimate of drug-likeness (QED) is 0.443. The molecule has 0 amide bonds. The minimum absolute atomic E-state index is 0.952. The molecule has 0 nitrogen and oxygen atoms in total. The molecule has 1 heterocycles. The van der Waals surface area contributed by atoms with Gasteiger partial charge in [-0.1, -0.05) is 28.1 Å². The monoisotopic (exact) mass is 252 g/mol. The molecule has 10 heavy (non-hydrogen) atoms. The smallest absolute Gasteiger partial charge is 0.118 e. The molecule has 0 atom stereocenters. The summed E-state index contributed by atoms with van der Waals surface area (Å²) in [7, 11) is 2.17. The van der Waals surface area contributed by atoms with Crippen LogP contribution in [-0.4, -0.2) is 7.85 Å². The zero-order valence-electron chi connectivity index (χ0n) is 5.52. The first kappa shape index (κ1) is 8.91. The predicted molar refractivity (Wildman–Crippen MR) is 57.9 cm³/mol. The molecule has 0 bridgehead atoms. The Morgan fingerprint density at radius 2 is 2.00 bits per heavy atom. The van der Waals surface area contributed by atoms with Gasteiger partial charge in [0, 0.05) is 15.1 Å². The number of rotatable bonds is 2. The van der Waals surface area contributed by atoms with E-state index in [0.717, 1.165) is 14.8 Å². The van der Waals surface area contributed by atoms with Crippen molar-refractivity contribution in [1.82, 2.24) is 0 Å². The van der Waals surface area contributed by atoms with Crippen molar-refractivity contribution in [3.8, 4) is 0 Å². The van der Waals surface area contributed by atoms with Crippen LogP contribution < -0.4 is 0 Å². The van der Waals surface area contributed by atoms with Crippen molar-refractivity contribution in [2.45, 2.75) is 11.7 Å². The van der Waals surface area contributed by atoms with Crippen molar-refractivity contribution in [2.75, 3.05) is 0 Å². The lowest BCUT2D eigenvalue weighted by atomic mass is 10.0. The lowest BCUT2D eigenvalue weighted by molar-refractivity contribution is 1.43. The average molecular weight is 253 g/mol. The molecule has 0 saturated heterocycles. The van der Waals surface area contributed by atoms with Gasteiger partial charge in [-0.15, -0.1) is 22.7 Å². The molecular weight excluding hydrogens is 247 g/mol. The largest absolute Gasteiger partial charge is 0.144 e. The second-order valence-electron chi connectivity index (χ2n) is 1.79. The van der Waals surface area contributed by atoms with E-state index >= 15 is 0 Å². The Hall–Kier alpha value is 0.815. The van der Waals surface area contributed by atoms with Crippen molar-refractivity contribution in [3.63, 3.8) is 0 Å². The molecule has 1 rings (SSSR count). The van der Waals surface area contributed by atoms with Gasteiger partial charge in [0.1, 0.15) is 11.0 Å². The Labute approximate surface area is 82.8 Å². The van der Waals surface area contributed by atoms with Crippen LogP contribution in [0.4, 0.5) is 0 Å². The maximum absolute atomic E-state index is 5.07. The second-order valence-corrected chi connectivity index (χ2v) is 5.74. The van der Waals surface area contributed by atoms with Crippen LogP contribution in [0.15, 0.2) is 0 Å². The van der Waals surface area contributed by atoms with Gasteiger partial charge in [-0.25, -0.2) is 0 Å². The summed E-state index contributed by atoms with van der Waals surface area (Å²) < 4.78 is 1.05. The number of hydrogen-bond donors (Lipinski definition) is 0. The summed E-state index contributed by atoms with van der Waals surface area (Å²) >= 11 is 12.0. The summed E-state index contributed by atoms with van der Waals surface area (Å²) in [4.78, 5) is 2.84. The highest BCUT2D eigenvalue weighted by atomic mass is 79.9. The van der Waals surface area contributed by atoms with Crippen molar-refractivity contribution in [2.24, 2.45) is 0 Å². The molecule has 0 saturated carbocycles. The topological polar surface area (TPSA) is 0 Å². The summed E-state index contributed by atoms with van der Waals surface area (Å²) in [6.07, 6.45) is 1.11. The van der Waals surface area contributed by atoms with Crippen molar-refractivity contribution < 1.29 is 0 Å². The molecule has 0 spiro atoms. The fourth-order valence-electron chi connectivity index (χ4n) is 0.707. The van der Waals surface area contributed by atoms with Crippen molar-refractivity contribution in [1.29, 1.82) is 0 Å². The Balaban J connectivity index is 3.08. The standard InChI is InChI=1S/C5H6BBrS3/c6-1-3-4(2-7)10-5(8)9-3/h1-2,6H2. The van der Waals surface area contributed by atoms with E-state index < -0.39 is 0 Å². The third-order valence-electron chi connectivity index (χ3n) is 1.17. The van der Waals surface area contributed by atoms with Gasteiger partial charge >= 0.3 is 0 Å². The van der Waals surface area contributed by atoms with Crippen molar-refractivity contribution in [3.05, 3.63) is 12.9 Å². The maximum Gasteiger partial charge on any atom is 0.144 e. The first-order chi connectivity index (χ1) is 4.77. The van der Waals surface area contributed by atoms with Gasteiger partial charge in [0.15, 0.2) is 0 Å². The van der Waals surface area contributed by atoms with Gasteiger partial charge in [-0.05, 0) is 6.32 Å². The highest BCUT2D eigenvalue weighted by Gasteiger charge is 2.02. The molecule has 0 aliphatic carbocycles. The van der Waals surface area contributed by atoms with E-state index in [4.69, 9.17) is 12.2 Å². The van der Waals surface area contributed by atoms with Gasteiger partial charge in [0.2, 0.25) is 0 Å². The lowest BCUT2D eigenvalue weighted by Crippen LogP contribution is -1.80. The van der Waals surface area contributed by atoms with Gasteiger partial charge in [-0.2, -0.15) is 0 Å². The van der Waals surface area contributed by atoms with E-state index in [1.54, 1.807) is 22.7 Å². The normalized spacial score (nSPS) is 10.1. The lowest BCUT2D eigenvalue weighted by Gasteiger charge is -1.90. The summed E-state index contributed by atoms with van der Waals surface area (Å²) in [6.45, 7) is 0. The fourth-order valence-corrected chi connectivity index (χ4v) is 4.24. The van der Waals surface area contributed by atoms with Gasteiger partial charge in [0.25, 0.3) is 0 Å². The first-order valence-corrected chi connectivity index (χ1v) is 6.11. The maximum atomic E-state index is 5.07. The summed E-state index contributed by atoms with van der Waals surface area (Å²) in [5.41, 5.74) is 0. The summed E-state index contributed by atoms with van der Waals surface area (Å²) in [5, 5.41) is 0.952. The molecule has 0 aliphatic heterocycles. The Morgan fingerprint density at radius 3 is 2.40 bits per heavy atom. The first-order valence-electron chi connectivity index (χ1n) is 2.95. The van der Waals surface area contributed by atoms with Crippen LogP contribution in [0.1, 0.15) is 9.75 Å². The van der Waals surface area contributed by atoms with Crippen LogP contribution in [0.5, 0.6) is 0 Å². The van der Waals surface area contributed by atoms with E-state index in [1.165, 1.54) is 9.75 Å². The number of halogens is 1. The molecular formula is C5H6BBrS3. The third-order valence-corrected chi connectivity index (χ3v) is 4.98. The Kier molecular flexibility index (Phi) is 3.56. The fraction of sp³-hybridized carbons (Fsp3) is 0.400. The summed E-state index contributed by atoms with van der Waals surface area (Å²) in [6, 6.07) is 0. The van der Waals surface area contributed by atoms with Crippen LogP contribution in [0.3, 0.4) is 0 Å². The van der Waals surface area contributed by atoms with E-state index in [1.807, 2.05) is 0 Å². The Bertz CT molecular complexity index is 240. The molecule has 1 aromatic rings. The molecule has 1 aromatic heterocycles. The summed E-state index contributed by atoms with van der Waals surface area (Å²) in [5.74, 6) is 0. The van der Waals surface area contributed by atoms with E-state index in [0.29, 0.717) is 0 Å². The van der Waals surface area contributed by atoms with E-state index in [9.17, 15) is 0 Å². The molecule has 5 heteroatoms. The number of hydrogen-bond acceptors (Lipinski definition) is 3. The van der Waals surface area contributed by atoms with E-state index in [2.05, 4.69) is 23.8 Å². The van der Waals surface area contributed by atoms with Crippen LogP contribution in [0.2, 0.25) is 0 Å². The molecule has 0 fully saturated rings. The average Bonchev–Trinajstić information content (AvgIpc) is 2.30.